The zero-order valence-electron chi connectivity index (χ0n) is 9.37. The molecule has 16 heavy (non-hydrogen) atoms. The molecule has 2 aromatic carbocycles. The van der Waals surface area contributed by atoms with Crippen LogP contribution in [-0.2, 0) is 0 Å². The Labute approximate surface area is 101 Å². The minimum absolute atomic E-state index is 0.638. The predicted molar refractivity (Wildman–Crippen MR) is 74.0 cm³/mol. The van der Waals surface area contributed by atoms with E-state index in [-0.39, 0.29) is 0 Å². The van der Waals surface area contributed by atoms with Crippen LogP contribution in [0.4, 0.5) is 5.69 Å². The van der Waals surface area contributed by atoms with Gasteiger partial charge in [0.1, 0.15) is 0 Å². The smallest absolute Gasteiger partial charge is 0.170 e. The monoisotopic (exact) mass is 230 g/mol. The van der Waals surface area contributed by atoms with Crippen molar-refractivity contribution >= 4 is 33.8 Å². The zero-order chi connectivity index (χ0) is 11.5. The lowest BCUT2D eigenvalue weighted by molar-refractivity contribution is 1.19. The Balaban J connectivity index is 2.57. The van der Waals surface area contributed by atoms with Crippen molar-refractivity contribution in [3.05, 3.63) is 42.0 Å². The van der Waals surface area contributed by atoms with Crippen molar-refractivity contribution in [3.8, 4) is 0 Å². The molecule has 0 bridgehead atoms. The van der Waals surface area contributed by atoms with E-state index in [4.69, 9.17) is 12.2 Å². The molecule has 0 aliphatic heterocycles. The van der Waals surface area contributed by atoms with Crippen LogP contribution in [-0.4, -0.2) is 12.2 Å². The maximum absolute atomic E-state index is 5.14. The van der Waals surface area contributed by atoms with Crippen molar-refractivity contribution in [2.75, 3.05) is 12.4 Å². The average molecular weight is 230 g/mol. The highest BCUT2D eigenvalue weighted by Gasteiger charge is 2.04. The Morgan fingerprint density at radius 2 is 1.88 bits per heavy atom. The Morgan fingerprint density at radius 1 is 1.12 bits per heavy atom. The van der Waals surface area contributed by atoms with Gasteiger partial charge >= 0.3 is 0 Å². The van der Waals surface area contributed by atoms with Crippen molar-refractivity contribution in [1.82, 2.24) is 5.32 Å². The van der Waals surface area contributed by atoms with E-state index in [1.54, 1.807) is 0 Å². The molecule has 0 saturated carbocycles. The molecular formula is C13H14N2S. The number of anilines is 1. The topological polar surface area (TPSA) is 24.1 Å². The number of hydrogen-bond acceptors (Lipinski definition) is 1. The minimum atomic E-state index is 0.638. The largest absolute Gasteiger partial charge is 0.366 e. The molecule has 2 N–H and O–H groups in total. The first kappa shape index (κ1) is 10.9. The number of thiocarbonyl (C=S) groups is 1. The van der Waals surface area contributed by atoms with Crippen molar-refractivity contribution in [1.29, 1.82) is 0 Å². The van der Waals surface area contributed by atoms with E-state index in [1.807, 2.05) is 19.2 Å². The zero-order valence-corrected chi connectivity index (χ0v) is 10.2. The highest BCUT2D eigenvalue weighted by Crippen LogP contribution is 2.26. The molecule has 0 atom stereocenters. The number of aryl methyl sites for hydroxylation is 1. The molecule has 2 rings (SSSR count). The Kier molecular flexibility index (Phi) is 3.06. The highest BCUT2D eigenvalue weighted by atomic mass is 32.1. The van der Waals surface area contributed by atoms with Crippen molar-refractivity contribution in [2.45, 2.75) is 6.92 Å². The van der Waals surface area contributed by atoms with Gasteiger partial charge in [-0.15, -0.1) is 0 Å². The van der Waals surface area contributed by atoms with Gasteiger partial charge in [-0.25, -0.2) is 0 Å². The fraction of sp³-hybridized carbons (Fsp3) is 0.154. The van der Waals surface area contributed by atoms with Crippen LogP contribution in [0.5, 0.6) is 0 Å². The fourth-order valence-corrected chi connectivity index (χ4v) is 1.82. The van der Waals surface area contributed by atoms with E-state index < -0.39 is 0 Å². The quantitative estimate of drug-likeness (QED) is 0.736. The lowest BCUT2D eigenvalue weighted by Gasteiger charge is -2.13. The fourth-order valence-electron chi connectivity index (χ4n) is 1.72. The summed E-state index contributed by atoms with van der Waals surface area (Å²) in [6.07, 6.45) is 0. The van der Waals surface area contributed by atoms with Gasteiger partial charge in [0.15, 0.2) is 5.11 Å². The molecular weight excluding hydrogens is 216 g/mol. The standard InChI is InChI=1S/C13H14N2S/c1-9-7-8-10-5-3-4-6-11(10)12(9)15-13(16)14-2/h3-8H,1-2H3,(H2,14,15,16). The summed E-state index contributed by atoms with van der Waals surface area (Å²) >= 11 is 5.14. The summed E-state index contributed by atoms with van der Waals surface area (Å²) in [4.78, 5) is 0. The van der Waals surface area contributed by atoms with Crippen molar-refractivity contribution in [2.24, 2.45) is 0 Å². The molecule has 0 aliphatic rings. The van der Waals surface area contributed by atoms with Crippen LogP contribution in [0, 0.1) is 6.92 Å². The normalized spacial score (nSPS) is 10.1. The molecule has 2 nitrogen and oxygen atoms in total. The predicted octanol–water partition coefficient (Wildman–Crippen LogP) is 3.06. The molecule has 0 saturated heterocycles. The van der Waals surface area contributed by atoms with Gasteiger partial charge in [0.2, 0.25) is 0 Å². The van der Waals surface area contributed by atoms with Crippen LogP contribution in [0.2, 0.25) is 0 Å². The number of nitrogens with one attached hydrogen (secondary N) is 2. The summed E-state index contributed by atoms with van der Waals surface area (Å²) in [7, 11) is 1.82. The summed E-state index contributed by atoms with van der Waals surface area (Å²) in [6, 6.07) is 12.5. The van der Waals surface area contributed by atoms with Crippen LogP contribution in [0.3, 0.4) is 0 Å². The van der Waals surface area contributed by atoms with Crippen molar-refractivity contribution in [3.63, 3.8) is 0 Å². The lowest BCUT2D eigenvalue weighted by atomic mass is 10.0. The van der Waals surface area contributed by atoms with E-state index in [1.165, 1.54) is 16.3 Å². The van der Waals surface area contributed by atoms with Gasteiger partial charge in [-0.1, -0.05) is 36.4 Å². The molecule has 3 heteroatoms. The molecule has 0 aromatic heterocycles. The Hall–Kier alpha value is -1.61. The van der Waals surface area contributed by atoms with Gasteiger partial charge in [0.05, 0.1) is 5.69 Å². The SMILES string of the molecule is CNC(=S)Nc1c(C)ccc2ccccc12. The number of fused-ring (bicyclic) bond motifs is 1. The number of benzene rings is 2. The second kappa shape index (κ2) is 4.49. The first-order valence-corrected chi connectivity index (χ1v) is 5.60. The maximum atomic E-state index is 5.14. The molecule has 0 heterocycles. The first-order valence-electron chi connectivity index (χ1n) is 5.19. The molecule has 0 radical (unpaired) electrons. The third-order valence-corrected chi connectivity index (χ3v) is 2.91. The number of rotatable bonds is 1. The summed E-state index contributed by atoms with van der Waals surface area (Å²) < 4.78 is 0. The highest BCUT2D eigenvalue weighted by molar-refractivity contribution is 7.80. The van der Waals surface area contributed by atoms with Crippen LogP contribution in [0.15, 0.2) is 36.4 Å². The molecule has 0 fully saturated rings. The molecule has 0 spiro atoms. The Morgan fingerprint density at radius 3 is 2.62 bits per heavy atom. The summed E-state index contributed by atoms with van der Waals surface area (Å²) in [6.45, 7) is 2.08. The van der Waals surface area contributed by atoms with Gasteiger partial charge in [-0.2, -0.15) is 0 Å². The minimum Gasteiger partial charge on any atom is -0.366 e. The van der Waals surface area contributed by atoms with Crippen LogP contribution in [0.25, 0.3) is 10.8 Å². The number of hydrogen-bond donors (Lipinski definition) is 2. The van der Waals surface area contributed by atoms with Gasteiger partial charge in [-0.3, -0.25) is 0 Å². The summed E-state index contributed by atoms with van der Waals surface area (Å²) in [5.74, 6) is 0. The van der Waals surface area contributed by atoms with E-state index in [2.05, 4.69) is 41.8 Å². The third-order valence-electron chi connectivity index (χ3n) is 2.60. The van der Waals surface area contributed by atoms with Crippen LogP contribution in [0.1, 0.15) is 5.56 Å². The van der Waals surface area contributed by atoms with Crippen molar-refractivity contribution < 1.29 is 0 Å². The average Bonchev–Trinajstić information content (AvgIpc) is 2.32. The summed E-state index contributed by atoms with van der Waals surface area (Å²) in [5.41, 5.74) is 2.27. The Bertz CT molecular complexity index is 534. The third kappa shape index (κ3) is 1.99. The first-order chi connectivity index (χ1) is 7.72. The van der Waals surface area contributed by atoms with E-state index >= 15 is 0 Å². The van der Waals surface area contributed by atoms with E-state index in [0.717, 1.165) is 5.69 Å². The molecule has 0 unspecified atom stereocenters. The second-order valence-electron chi connectivity index (χ2n) is 3.68. The van der Waals surface area contributed by atoms with Gasteiger partial charge < -0.3 is 10.6 Å². The van der Waals surface area contributed by atoms with Gasteiger partial charge in [0.25, 0.3) is 0 Å². The molecule has 0 amide bonds. The molecule has 0 aliphatic carbocycles. The molecule has 2 aromatic rings. The van der Waals surface area contributed by atoms with Crippen LogP contribution < -0.4 is 10.6 Å². The van der Waals surface area contributed by atoms with Gasteiger partial charge in [-0.05, 0) is 30.1 Å². The van der Waals surface area contributed by atoms with E-state index in [9.17, 15) is 0 Å². The molecule has 82 valence electrons. The summed E-state index contributed by atoms with van der Waals surface area (Å²) in [5, 5.41) is 9.20. The van der Waals surface area contributed by atoms with Crippen LogP contribution >= 0.6 is 12.2 Å². The van der Waals surface area contributed by atoms with Gasteiger partial charge in [0, 0.05) is 12.4 Å². The van der Waals surface area contributed by atoms with E-state index in [0.29, 0.717) is 5.11 Å². The lowest BCUT2D eigenvalue weighted by Crippen LogP contribution is -2.24. The maximum Gasteiger partial charge on any atom is 0.170 e. The second-order valence-corrected chi connectivity index (χ2v) is 4.09.